The molecule has 1 aromatic rings. The molecule has 100 valence electrons. The first-order chi connectivity index (χ1) is 8.59. The summed E-state index contributed by atoms with van der Waals surface area (Å²) in [5.41, 5.74) is 0. The second kappa shape index (κ2) is 7.41. The number of amides is 1. The monoisotopic (exact) mass is 254 g/mol. The fraction of sp³-hybridized carbons (Fsp3) is 0.636. The van der Waals surface area contributed by atoms with E-state index >= 15 is 0 Å². The molecule has 7 heteroatoms. The normalized spacial score (nSPS) is 12.1. The van der Waals surface area contributed by atoms with Crippen molar-refractivity contribution in [1.29, 1.82) is 0 Å². The van der Waals surface area contributed by atoms with Gasteiger partial charge >= 0.3 is 5.97 Å². The Balaban J connectivity index is 2.05. The predicted molar refractivity (Wildman–Crippen MR) is 63.7 cm³/mol. The molecule has 2 N–H and O–H groups in total. The van der Waals surface area contributed by atoms with Crippen molar-refractivity contribution in [2.24, 2.45) is 5.92 Å². The Kier molecular flexibility index (Phi) is 5.83. The highest BCUT2D eigenvalue weighted by Crippen LogP contribution is 2.04. The third kappa shape index (κ3) is 5.42. The van der Waals surface area contributed by atoms with Gasteiger partial charge in [0.05, 0.1) is 12.5 Å². The van der Waals surface area contributed by atoms with Crippen LogP contribution in [0.1, 0.15) is 26.2 Å². The largest absolute Gasteiger partial charge is 0.481 e. The van der Waals surface area contributed by atoms with Crippen LogP contribution in [-0.4, -0.2) is 38.3 Å². The lowest BCUT2D eigenvalue weighted by molar-refractivity contribution is -0.141. The number of rotatable bonds is 8. The minimum absolute atomic E-state index is 0.0616. The van der Waals surface area contributed by atoms with Gasteiger partial charge in [-0.05, 0) is 12.8 Å². The summed E-state index contributed by atoms with van der Waals surface area (Å²) in [6, 6.07) is 0. The molecule has 1 aromatic heterocycles. The van der Waals surface area contributed by atoms with Crippen LogP contribution in [0.2, 0.25) is 0 Å². The fourth-order valence-electron chi connectivity index (χ4n) is 1.41. The number of hydrogen-bond acceptors (Lipinski definition) is 4. The van der Waals surface area contributed by atoms with Gasteiger partial charge in [0.15, 0.2) is 0 Å². The lowest BCUT2D eigenvalue weighted by Gasteiger charge is -2.07. The van der Waals surface area contributed by atoms with Gasteiger partial charge < -0.3 is 10.4 Å². The zero-order chi connectivity index (χ0) is 13.4. The van der Waals surface area contributed by atoms with Gasteiger partial charge in [0, 0.05) is 13.0 Å². The summed E-state index contributed by atoms with van der Waals surface area (Å²) in [5.74, 6) is -1.22. The molecule has 18 heavy (non-hydrogen) atoms. The number of carbonyl (C=O) groups is 2. The van der Waals surface area contributed by atoms with Crippen LogP contribution in [0.4, 0.5) is 0 Å². The molecule has 0 spiro atoms. The first-order valence-electron chi connectivity index (χ1n) is 5.91. The van der Waals surface area contributed by atoms with E-state index in [0.29, 0.717) is 32.4 Å². The maximum Gasteiger partial charge on any atom is 0.306 e. The van der Waals surface area contributed by atoms with Crippen molar-refractivity contribution in [3.63, 3.8) is 0 Å². The average Bonchev–Trinajstić information content (AvgIpc) is 2.84. The second-order valence-electron chi connectivity index (χ2n) is 4.14. The molecule has 0 fully saturated rings. The number of nitrogens with zero attached hydrogens (tertiary/aromatic N) is 3. The highest BCUT2D eigenvalue weighted by atomic mass is 16.4. The quantitative estimate of drug-likeness (QED) is 0.650. The molecule has 0 saturated heterocycles. The minimum atomic E-state index is -0.799. The smallest absolute Gasteiger partial charge is 0.306 e. The number of aliphatic carboxylic acids is 1. The number of carboxylic acids is 1. The van der Waals surface area contributed by atoms with Crippen molar-refractivity contribution < 1.29 is 14.7 Å². The Hall–Kier alpha value is -1.92. The van der Waals surface area contributed by atoms with Crippen LogP contribution in [0.5, 0.6) is 0 Å². The van der Waals surface area contributed by atoms with Crippen LogP contribution >= 0.6 is 0 Å². The molecule has 0 aliphatic heterocycles. The van der Waals surface area contributed by atoms with Crippen molar-refractivity contribution in [2.45, 2.75) is 32.7 Å². The van der Waals surface area contributed by atoms with E-state index in [4.69, 9.17) is 5.11 Å². The molecule has 0 aliphatic rings. The van der Waals surface area contributed by atoms with E-state index in [0.717, 1.165) is 0 Å². The van der Waals surface area contributed by atoms with Crippen LogP contribution in [0.15, 0.2) is 12.7 Å². The molecule has 0 saturated carbocycles. The highest BCUT2D eigenvalue weighted by Gasteiger charge is 2.10. The minimum Gasteiger partial charge on any atom is -0.481 e. The Bertz CT molecular complexity index is 378. The summed E-state index contributed by atoms with van der Waals surface area (Å²) >= 11 is 0. The van der Waals surface area contributed by atoms with E-state index in [1.54, 1.807) is 17.9 Å². The lowest BCUT2D eigenvalue weighted by atomic mass is 10.1. The van der Waals surface area contributed by atoms with Crippen LogP contribution < -0.4 is 5.32 Å². The summed E-state index contributed by atoms with van der Waals surface area (Å²) in [6.07, 6.45) is 4.56. The van der Waals surface area contributed by atoms with Crippen LogP contribution in [0.3, 0.4) is 0 Å². The maximum absolute atomic E-state index is 11.4. The van der Waals surface area contributed by atoms with Crippen molar-refractivity contribution in [1.82, 2.24) is 20.1 Å². The molecule has 7 nitrogen and oxygen atoms in total. The molecule has 1 unspecified atom stereocenters. The highest BCUT2D eigenvalue weighted by molar-refractivity contribution is 5.75. The van der Waals surface area contributed by atoms with E-state index in [-0.39, 0.29) is 11.8 Å². The first kappa shape index (κ1) is 14.1. The summed E-state index contributed by atoms with van der Waals surface area (Å²) in [7, 11) is 0. The van der Waals surface area contributed by atoms with Crippen molar-refractivity contribution in [2.75, 3.05) is 6.54 Å². The first-order valence-corrected chi connectivity index (χ1v) is 5.91. The Morgan fingerprint density at radius 3 is 2.89 bits per heavy atom. The van der Waals surface area contributed by atoms with Gasteiger partial charge in [-0.2, -0.15) is 5.10 Å². The number of carbonyl (C=O) groups excluding carboxylic acids is 1. The molecule has 0 aliphatic carbocycles. The summed E-state index contributed by atoms with van der Waals surface area (Å²) in [6.45, 7) is 2.67. The van der Waals surface area contributed by atoms with Gasteiger partial charge in [0.1, 0.15) is 12.7 Å². The SMILES string of the molecule is CC(CCCNC(=O)CCn1cncn1)C(=O)O. The van der Waals surface area contributed by atoms with Gasteiger partial charge in [0.25, 0.3) is 0 Å². The molecule has 0 radical (unpaired) electrons. The molecular weight excluding hydrogens is 236 g/mol. The molecule has 1 heterocycles. The number of nitrogens with one attached hydrogen (secondary N) is 1. The average molecular weight is 254 g/mol. The van der Waals surface area contributed by atoms with E-state index in [1.807, 2.05) is 0 Å². The van der Waals surface area contributed by atoms with Crippen LogP contribution in [0, 0.1) is 5.92 Å². The van der Waals surface area contributed by atoms with E-state index in [1.165, 1.54) is 6.33 Å². The van der Waals surface area contributed by atoms with Crippen molar-refractivity contribution in [3.8, 4) is 0 Å². The standard InChI is InChI=1S/C11H18N4O3/c1-9(11(17)18)3-2-5-13-10(16)4-6-15-8-12-7-14-15/h7-9H,2-6H2,1H3,(H,13,16)(H,17,18). The van der Waals surface area contributed by atoms with Gasteiger partial charge in [0.2, 0.25) is 5.91 Å². The summed E-state index contributed by atoms with van der Waals surface area (Å²) < 4.78 is 1.59. The number of aryl methyl sites for hydroxylation is 1. The van der Waals surface area contributed by atoms with E-state index in [9.17, 15) is 9.59 Å². The molecule has 1 amide bonds. The topological polar surface area (TPSA) is 97.1 Å². The molecule has 0 bridgehead atoms. The summed E-state index contributed by atoms with van der Waals surface area (Å²) in [4.78, 5) is 25.8. The second-order valence-corrected chi connectivity index (χ2v) is 4.14. The number of hydrogen-bond donors (Lipinski definition) is 2. The number of carboxylic acid groups (broad SMARTS) is 1. The van der Waals surface area contributed by atoms with E-state index < -0.39 is 5.97 Å². The summed E-state index contributed by atoms with van der Waals surface area (Å²) in [5, 5.41) is 15.3. The van der Waals surface area contributed by atoms with Crippen molar-refractivity contribution in [3.05, 3.63) is 12.7 Å². The lowest BCUT2D eigenvalue weighted by Crippen LogP contribution is -2.26. The predicted octanol–water partition coefficient (Wildman–Crippen LogP) is 0.285. The van der Waals surface area contributed by atoms with Gasteiger partial charge in [-0.3, -0.25) is 14.3 Å². The van der Waals surface area contributed by atoms with Gasteiger partial charge in [-0.1, -0.05) is 6.92 Å². The molecular formula is C11H18N4O3. The van der Waals surface area contributed by atoms with Gasteiger partial charge in [-0.25, -0.2) is 4.98 Å². The van der Waals surface area contributed by atoms with Crippen LogP contribution in [0.25, 0.3) is 0 Å². The van der Waals surface area contributed by atoms with Crippen LogP contribution in [-0.2, 0) is 16.1 Å². The van der Waals surface area contributed by atoms with Crippen molar-refractivity contribution >= 4 is 11.9 Å². The number of aromatic nitrogens is 3. The zero-order valence-corrected chi connectivity index (χ0v) is 10.4. The molecule has 0 aromatic carbocycles. The Morgan fingerprint density at radius 2 is 2.28 bits per heavy atom. The third-order valence-electron chi connectivity index (χ3n) is 2.59. The maximum atomic E-state index is 11.4. The van der Waals surface area contributed by atoms with E-state index in [2.05, 4.69) is 15.4 Å². The fourth-order valence-corrected chi connectivity index (χ4v) is 1.41. The molecule has 1 rings (SSSR count). The van der Waals surface area contributed by atoms with Gasteiger partial charge in [-0.15, -0.1) is 0 Å². The Morgan fingerprint density at radius 1 is 1.50 bits per heavy atom. The zero-order valence-electron chi connectivity index (χ0n) is 10.4. The molecule has 1 atom stereocenters. The third-order valence-corrected chi connectivity index (χ3v) is 2.59. The Labute approximate surface area is 105 Å².